The highest BCUT2D eigenvalue weighted by Crippen LogP contribution is 2.30. The van der Waals surface area contributed by atoms with Crippen molar-refractivity contribution in [2.75, 3.05) is 19.5 Å². The second kappa shape index (κ2) is 8.35. The fraction of sp³-hybridized carbons (Fsp3) is 0.300. The van der Waals surface area contributed by atoms with Crippen molar-refractivity contribution in [3.05, 3.63) is 41.4 Å². The Morgan fingerprint density at radius 2 is 1.86 bits per heavy atom. The molecular weight excluding hydrogens is 380 g/mol. The molecule has 1 N–H and O–H groups in total. The fourth-order valence-corrected chi connectivity index (χ4v) is 3.73. The minimum atomic E-state index is -0.447. The molecule has 0 radical (unpaired) electrons. The van der Waals surface area contributed by atoms with Crippen molar-refractivity contribution < 1.29 is 23.8 Å². The number of anilines is 1. The Hall–Kier alpha value is -3.00. The van der Waals surface area contributed by atoms with Crippen molar-refractivity contribution in [3.8, 4) is 11.5 Å². The number of fused-ring (bicyclic) bond motifs is 1. The van der Waals surface area contributed by atoms with E-state index in [1.165, 1.54) is 18.4 Å². The van der Waals surface area contributed by atoms with Crippen molar-refractivity contribution >= 4 is 39.1 Å². The average Bonchev–Trinajstić information content (AvgIpc) is 3.23. The lowest BCUT2D eigenvalue weighted by molar-refractivity contribution is -0.116. The third kappa shape index (κ3) is 4.12. The second-order valence-corrected chi connectivity index (χ2v) is 7.26. The molecule has 148 valence electrons. The molecule has 7 nitrogen and oxygen atoms in total. The highest BCUT2D eigenvalue weighted by molar-refractivity contribution is 7.16. The molecule has 8 heteroatoms. The minimum absolute atomic E-state index is 0.0130. The van der Waals surface area contributed by atoms with Gasteiger partial charge in [-0.25, -0.2) is 4.79 Å². The van der Waals surface area contributed by atoms with E-state index in [9.17, 15) is 9.59 Å². The Morgan fingerprint density at radius 3 is 2.54 bits per heavy atom. The number of esters is 1. The second-order valence-electron chi connectivity index (χ2n) is 6.37. The van der Waals surface area contributed by atoms with Gasteiger partial charge in [-0.1, -0.05) is 0 Å². The smallest absolute Gasteiger partial charge is 0.355 e. The van der Waals surface area contributed by atoms with Crippen molar-refractivity contribution in [1.29, 1.82) is 0 Å². The van der Waals surface area contributed by atoms with E-state index < -0.39 is 5.97 Å². The Balaban J connectivity index is 1.83. The summed E-state index contributed by atoms with van der Waals surface area (Å²) in [6.45, 7) is 3.56. The number of nitrogens with one attached hydrogen (secondary N) is 1. The Bertz CT molecular complexity index is 1010. The number of ether oxygens (including phenoxy) is 3. The normalized spacial score (nSPS) is 10.9. The van der Waals surface area contributed by atoms with Gasteiger partial charge in [0.1, 0.15) is 17.1 Å². The predicted octanol–water partition coefficient (Wildman–Crippen LogP) is 3.92. The molecule has 2 heterocycles. The third-order valence-electron chi connectivity index (χ3n) is 4.02. The van der Waals surface area contributed by atoms with Crippen LogP contribution >= 0.6 is 11.3 Å². The van der Waals surface area contributed by atoms with E-state index in [2.05, 4.69) is 5.32 Å². The van der Waals surface area contributed by atoms with Gasteiger partial charge in [0.05, 0.1) is 20.3 Å². The van der Waals surface area contributed by atoms with Gasteiger partial charge in [0, 0.05) is 17.1 Å². The lowest BCUT2D eigenvalue weighted by Crippen LogP contribution is -2.22. The third-order valence-corrected chi connectivity index (χ3v) is 4.97. The minimum Gasteiger partial charge on any atom is -0.493 e. The van der Waals surface area contributed by atoms with Gasteiger partial charge in [0.25, 0.3) is 0 Å². The first-order valence-electron chi connectivity index (χ1n) is 8.72. The van der Waals surface area contributed by atoms with Gasteiger partial charge >= 0.3 is 5.97 Å². The molecule has 0 aliphatic carbocycles. The lowest BCUT2D eigenvalue weighted by Gasteiger charge is -2.13. The van der Waals surface area contributed by atoms with E-state index in [1.807, 2.05) is 11.4 Å². The van der Waals surface area contributed by atoms with E-state index in [0.29, 0.717) is 22.9 Å². The summed E-state index contributed by atoms with van der Waals surface area (Å²) in [7, 11) is 3.08. The van der Waals surface area contributed by atoms with Crippen LogP contribution in [0.2, 0.25) is 0 Å². The van der Waals surface area contributed by atoms with Crippen LogP contribution in [0.1, 0.15) is 24.3 Å². The van der Waals surface area contributed by atoms with Crippen LogP contribution in [-0.2, 0) is 16.1 Å². The van der Waals surface area contributed by atoms with Crippen LogP contribution in [0.3, 0.4) is 0 Å². The van der Waals surface area contributed by atoms with E-state index in [1.54, 1.807) is 49.8 Å². The molecule has 0 bridgehead atoms. The molecule has 0 saturated heterocycles. The molecule has 28 heavy (non-hydrogen) atoms. The first-order chi connectivity index (χ1) is 13.4. The first kappa shape index (κ1) is 19.8. The molecule has 0 saturated carbocycles. The van der Waals surface area contributed by atoms with Crippen LogP contribution in [-0.4, -0.2) is 36.8 Å². The summed E-state index contributed by atoms with van der Waals surface area (Å²) >= 11 is 1.47. The molecule has 0 unspecified atom stereocenters. The molecule has 0 spiro atoms. The number of carbonyl (C=O) groups excluding carboxylic acids is 2. The van der Waals surface area contributed by atoms with Crippen LogP contribution in [0, 0.1) is 0 Å². The van der Waals surface area contributed by atoms with E-state index in [-0.39, 0.29) is 18.6 Å². The first-order valence-corrected chi connectivity index (χ1v) is 9.60. The highest BCUT2D eigenvalue weighted by atomic mass is 32.1. The summed E-state index contributed by atoms with van der Waals surface area (Å²) in [4.78, 5) is 25.9. The lowest BCUT2D eigenvalue weighted by atomic mass is 10.2. The number of carbonyl (C=O) groups is 2. The summed E-state index contributed by atoms with van der Waals surface area (Å²) in [5.41, 5.74) is 0.932. The summed E-state index contributed by atoms with van der Waals surface area (Å²) < 4.78 is 17.5. The monoisotopic (exact) mass is 402 g/mol. The Labute approximate surface area is 166 Å². The summed E-state index contributed by atoms with van der Waals surface area (Å²) in [6, 6.07) is 8.78. The molecular formula is C20H22N2O5S. The molecule has 3 aromatic rings. The van der Waals surface area contributed by atoms with Gasteiger partial charge in [0.2, 0.25) is 5.91 Å². The molecule has 0 fully saturated rings. The van der Waals surface area contributed by atoms with Gasteiger partial charge in [-0.05, 0) is 43.5 Å². The van der Waals surface area contributed by atoms with Crippen molar-refractivity contribution in [1.82, 2.24) is 4.57 Å². The number of rotatable bonds is 7. The van der Waals surface area contributed by atoms with E-state index in [0.717, 1.165) is 10.2 Å². The van der Waals surface area contributed by atoms with Crippen LogP contribution in [0.15, 0.2) is 35.7 Å². The molecule has 0 aliphatic heterocycles. The van der Waals surface area contributed by atoms with Gasteiger partial charge in [-0.3, -0.25) is 4.79 Å². The zero-order chi connectivity index (χ0) is 20.3. The zero-order valence-electron chi connectivity index (χ0n) is 16.1. The molecule has 1 aromatic carbocycles. The van der Waals surface area contributed by atoms with Crippen molar-refractivity contribution in [2.45, 2.75) is 26.5 Å². The van der Waals surface area contributed by atoms with Crippen LogP contribution in [0.4, 0.5) is 5.69 Å². The maximum absolute atomic E-state index is 12.6. The largest absolute Gasteiger partial charge is 0.493 e. The zero-order valence-corrected chi connectivity index (χ0v) is 17.0. The van der Waals surface area contributed by atoms with Gasteiger partial charge in [-0.2, -0.15) is 0 Å². The number of nitrogens with zero attached hydrogens (tertiary/aromatic N) is 1. The number of aromatic nitrogens is 1. The highest BCUT2D eigenvalue weighted by Gasteiger charge is 2.20. The molecule has 2 aromatic heterocycles. The van der Waals surface area contributed by atoms with Gasteiger partial charge in [-0.15, -0.1) is 11.3 Å². The Kier molecular flexibility index (Phi) is 5.89. The van der Waals surface area contributed by atoms with Crippen LogP contribution in [0.5, 0.6) is 11.5 Å². The number of hydrogen-bond acceptors (Lipinski definition) is 6. The summed E-state index contributed by atoms with van der Waals surface area (Å²) in [6.07, 6.45) is -0.241. The number of amides is 1. The van der Waals surface area contributed by atoms with Crippen LogP contribution in [0.25, 0.3) is 10.2 Å². The number of hydrogen-bond donors (Lipinski definition) is 1. The van der Waals surface area contributed by atoms with Crippen molar-refractivity contribution in [2.24, 2.45) is 0 Å². The molecule has 3 rings (SSSR count). The number of benzene rings is 1. The maximum Gasteiger partial charge on any atom is 0.355 e. The van der Waals surface area contributed by atoms with E-state index in [4.69, 9.17) is 14.2 Å². The number of thiophene rings is 1. The predicted molar refractivity (Wildman–Crippen MR) is 109 cm³/mol. The molecule has 0 aliphatic rings. The standard InChI is InChI=1S/C20H22N2O5S/c1-12(2)27-20(24)15-9-13-7-8-28-19(13)22(15)11-18(23)21-14-5-6-16(25-3)17(10-14)26-4/h5-10,12H,11H2,1-4H3,(H,21,23). The number of methoxy groups -OCH3 is 2. The summed E-state index contributed by atoms with van der Waals surface area (Å²) in [5.74, 6) is 0.377. The maximum atomic E-state index is 12.6. The molecule has 0 atom stereocenters. The topological polar surface area (TPSA) is 78.8 Å². The summed E-state index contributed by atoms with van der Waals surface area (Å²) in [5, 5.41) is 5.65. The van der Waals surface area contributed by atoms with Gasteiger partial charge in [0.15, 0.2) is 11.5 Å². The van der Waals surface area contributed by atoms with Crippen LogP contribution < -0.4 is 14.8 Å². The fourth-order valence-electron chi connectivity index (χ4n) is 2.83. The van der Waals surface area contributed by atoms with Crippen molar-refractivity contribution in [3.63, 3.8) is 0 Å². The molecule has 1 amide bonds. The SMILES string of the molecule is COc1ccc(NC(=O)Cn2c(C(=O)OC(C)C)cc3ccsc32)cc1OC. The van der Waals surface area contributed by atoms with Gasteiger partial charge < -0.3 is 24.1 Å². The average molecular weight is 402 g/mol. The quantitative estimate of drug-likeness (QED) is 0.606. The Morgan fingerprint density at radius 1 is 1.11 bits per heavy atom. The van der Waals surface area contributed by atoms with E-state index >= 15 is 0 Å².